The maximum atomic E-state index is 12.3. The summed E-state index contributed by atoms with van der Waals surface area (Å²) in [6.07, 6.45) is 6.64. The second kappa shape index (κ2) is 6.42. The molecule has 0 unspecified atom stereocenters. The van der Waals surface area contributed by atoms with Crippen molar-refractivity contribution in [2.24, 2.45) is 5.92 Å². The Balaban J connectivity index is 1.97. The number of likely N-dealkylation sites (tertiary alicyclic amines) is 1. The molecule has 0 bridgehead atoms. The summed E-state index contributed by atoms with van der Waals surface area (Å²) in [7, 11) is -1.36. The van der Waals surface area contributed by atoms with Gasteiger partial charge in [-0.2, -0.15) is 9.98 Å². The zero-order valence-electron chi connectivity index (χ0n) is 12.3. The van der Waals surface area contributed by atoms with E-state index < -0.39 is 15.6 Å². The van der Waals surface area contributed by atoms with Crippen LogP contribution in [0.15, 0.2) is 0 Å². The number of nitrogens with one attached hydrogen (secondary N) is 1. The smallest absolute Gasteiger partial charge is 0.213 e. The fraction of sp³-hybridized carbons (Fsp3) is 0.929. The lowest BCUT2D eigenvalue weighted by molar-refractivity contribution is 0.213. The number of nitriles is 1. The molecule has 6 heteroatoms. The number of rotatable bonds is 4. The Morgan fingerprint density at radius 1 is 1.25 bits per heavy atom. The summed E-state index contributed by atoms with van der Waals surface area (Å²) in [4.78, 5) is 2.13. The van der Waals surface area contributed by atoms with E-state index in [-0.39, 0.29) is 11.7 Å². The van der Waals surface area contributed by atoms with Gasteiger partial charge in [0.05, 0.1) is 11.8 Å². The average molecular weight is 299 g/mol. The van der Waals surface area contributed by atoms with E-state index >= 15 is 0 Å². The molecule has 20 heavy (non-hydrogen) atoms. The van der Waals surface area contributed by atoms with Gasteiger partial charge >= 0.3 is 0 Å². The fourth-order valence-corrected chi connectivity index (χ4v) is 5.12. The van der Waals surface area contributed by atoms with Crippen molar-refractivity contribution < 1.29 is 8.42 Å². The molecule has 0 atom stereocenters. The van der Waals surface area contributed by atoms with Crippen LogP contribution in [0, 0.1) is 17.2 Å². The van der Waals surface area contributed by atoms with Gasteiger partial charge in [-0.25, -0.2) is 8.42 Å². The Kier molecular flexibility index (Phi) is 5.05. The maximum absolute atomic E-state index is 12.3. The quantitative estimate of drug-likeness (QED) is 0.853. The molecule has 1 aliphatic heterocycles. The van der Waals surface area contributed by atoms with Crippen molar-refractivity contribution >= 4 is 10.0 Å². The van der Waals surface area contributed by atoms with Crippen LogP contribution in [0.5, 0.6) is 0 Å². The number of hydrogen-bond acceptors (Lipinski definition) is 4. The Labute approximate surface area is 122 Å². The Hall–Kier alpha value is -0.640. The molecule has 2 aliphatic rings. The number of sulfonamides is 1. The van der Waals surface area contributed by atoms with Crippen molar-refractivity contribution in [3.63, 3.8) is 0 Å². The van der Waals surface area contributed by atoms with Crippen LogP contribution in [-0.2, 0) is 10.0 Å². The van der Waals surface area contributed by atoms with Gasteiger partial charge < -0.3 is 4.90 Å². The minimum Gasteiger partial charge on any atom is -0.306 e. The van der Waals surface area contributed by atoms with Crippen LogP contribution in [0.1, 0.15) is 44.9 Å². The van der Waals surface area contributed by atoms with Gasteiger partial charge in [0.2, 0.25) is 10.0 Å². The predicted molar refractivity (Wildman–Crippen MR) is 78.6 cm³/mol. The molecule has 114 valence electrons. The molecule has 1 saturated heterocycles. The van der Waals surface area contributed by atoms with Gasteiger partial charge in [-0.15, -0.1) is 0 Å². The van der Waals surface area contributed by atoms with Crippen LogP contribution in [0.25, 0.3) is 0 Å². The van der Waals surface area contributed by atoms with Crippen molar-refractivity contribution in [1.82, 2.24) is 9.62 Å². The summed E-state index contributed by atoms with van der Waals surface area (Å²) < 4.78 is 27.4. The van der Waals surface area contributed by atoms with Crippen molar-refractivity contribution in [3.8, 4) is 6.07 Å². The van der Waals surface area contributed by atoms with Gasteiger partial charge in [0.25, 0.3) is 0 Å². The molecule has 2 fully saturated rings. The van der Waals surface area contributed by atoms with E-state index in [0.717, 1.165) is 38.8 Å². The van der Waals surface area contributed by atoms with Crippen LogP contribution in [0.2, 0.25) is 0 Å². The normalized spacial score (nSPS) is 25.2. The first-order valence-electron chi connectivity index (χ1n) is 7.56. The van der Waals surface area contributed by atoms with Gasteiger partial charge in [-0.3, -0.25) is 0 Å². The lowest BCUT2D eigenvalue weighted by Crippen LogP contribution is -2.54. The van der Waals surface area contributed by atoms with Gasteiger partial charge in [0, 0.05) is 13.1 Å². The van der Waals surface area contributed by atoms with E-state index in [4.69, 9.17) is 0 Å². The van der Waals surface area contributed by atoms with Crippen LogP contribution < -0.4 is 4.72 Å². The maximum Gasteiger partial charge on any atom is 0.213 e. The zero-order chi connectivity index (χ0) is 14.6. The summed E-state index contributed by atoms with van der Waals surface area (Å²) >= 11 is 0. The van der Waals surface area contributed by atoms with E-state index in [1.165, 1.54) is 6.42 Å². The predicted octanol–water partition coefficient (Wildman–Crippen LogP) is 1.47. The summed E-state index contributed by atoms with van der Waals surface area (Å²) in [5.41, 5.74) is -0.889. The SMILES string of the molecule is CN1CCC(C#N)(NS(=O)(=O)CC2CCCCC2)CC1. The minimum absolute atomic E-state index is 0.187. The van der Waals surface area contributed by atoms with Crippen LogP contribution in [0.4, 0.5) is 0 Å². The summed E-state index contributed by atoms with van der Waals surface area (Å²) in [5, 5.41) is 9.40. The van der Waals surface area contributed by atoms with Crippen LogP contribution in [0.3, 0.4) is 0 Å². The van der Waals surface area contributed by atoms with Crippen molar-refractivity contribution in [3.05, 3.63) is 0 Å². The van der Waals surface area contributed by atoms with Crippen LogP contribution in [-0.4, -0.2) is 44.7 Å². The molecule has 1 saturated carbocycles. The van der Waals surface area contributed by atoms with E-state index in [9.17, 15) is 13.7 Å². The molecular formula is C14H25N3O2S. The zero-order valence-corrected chi connectivity index (χ0v) is 13.1. The molecule has 0 radical (unpaired) electrons. The first kappa shape index (κ1) is 15.7. The number of piperidine rings is 1. The summed E-state index contributed by atoms with van der Waals surface area (Å²) in [5.74, 6) is 0.454. The third-order valence-electron chi connectivity index (χ3n) is 4.59. The molecule has 2 rings (SSSR count). The van der Waals surface area contributed by atoms with Crippen LogP contribution >= 0.6 is 0 Å². The van der Waals surface area contributed by atoms with Crippen molar-refractivity contribution in [1.29, 1.82) is 5.26 Å². The molecule has 0 aromatic heterocycles. The highest BCUT2D eigenvalue weighted by atomic mass is 32.2. The average Bonchev–Trinajstić information content (AvgIpc) is 2.42. The standard InChI is InChI=1S/C14H25N3O2S/c1-17-9-7-14(12-15,8-10-17)16-20(18,19)11-13-5-3-2-4-6-13/h13,16H,2-11H2,1H3. The molecule has 0 aromatic carbocycles. The molecule has 1 aliphatic carbocycles. The van der Waals surface area contributed by atoms with E-state index in [0.29, 0.717) is 12.8 Å². The summed E-state index contributed by atoms with van der Waals surface area (Å²) in [6, 6.07) is 2.21. The highest BCUT2D eigenvalue weighted by Gasteiger charge is 2.38. The van der Waals surface area contributed by atoms with Gasteiger partial charge in [-0.05, 0) is 38.6 Å². The fourth-order valence-electron chi connectivity index (χ4n) is 3.24. The third kappa shape index (κ3) is 4.18. The highest BCUT2D eigenvalue weighted by Crippen LogP contribution is 2.26. The van der Waals surface area contributed by atoms with E-state index in [1.807, 2.05) is 7.05 Å². The second-order valence-corrected chi connectivity index (χ2v) is 8.15. The molecular weight excluding hydrogens is 274 g/mol. The van der Waals surface area contributed by atoms with Gasteiger partial charge in [-0.1, -0.05) is 19.3 Å². The lowest BCUT2D eigenvalue weighted by atomic mass is 9.90. The van der Waals surface area contributed by atoms with E-state index in [2.05, 4.69) is 15.7 Å². The molecule has 1 heterocycles. The summed E-state index contributed by atoms with van der Waals surface area (Å²) in [6.45, 7) is 1.53. The largest absolute Gasteiger partial charge is 0.306 e. The van der Waals surface area contributed by atoms with Crippen molar-refractivity contribution in [2.75, 3.05) is 25.9 Å². The monoisotopic (exact) mass is 299 g/mol. The number of hydrogen-bond donors (Lipinski definition) is 1. The molecule has 1 N–H and O–H groups in total. The third-order valence-corrected chi connectivity index (χ3v) is 6.20. The first-order valence-corrected chi connectivity index (χ1v) is 9.21. The van der Waals surface area contributed by atoms with Gasteiger partial charge in [0.15, 0.2) is 0 Å². The van der Waals surface area contributed by atoms with Gasteiger partial charge in [0.1, 0.15) is 5.54 Å². The Morgan fingerprint density at radius 3 is 2.40 bits per heavy atom. The Morgan fingerprint density at radius 2 is 1.85 bits per heavy atom. The molecule has 5 nitrogen and oxygen atoms in total. The molecule has 0 aromatic rings. The Bertz CT molecular complexity index is 455. The molecule has 0 amide bonds. The lowest BCUT2D eigenvalue weighted by Gasteiger charge is -2.36. The first-order chi connectivity index (χ1) is 9.45. The number of nitrogens with zero attached hydrogens (tertiary/aromatic N) is 2. The second-order valence-electron chi connectivity index (χ2n) is 6.38. The topological polar surface area (TPSA) is 73.2 Å². The van der Waals surface area contributed by atoms with Crippen molar-refractivity contribution in [2.45, 2.75) is 50.5 Å². The highest BCUT2D eigenvalue weighted by molar-refractivity contribution is 7.89. The van der Waals surface area contributed by atoms with E-state index in [1.54, 1.807) is 0 Å². The minimum atomic E-state index is -3.36. The molecule has 0 spiro atoms.